The highest BCUT2D eigenvalue weighted by atomic mass is 35.5. The number of anilines is 1. The lowest BCUT2D eigenvalue weighted by Gasteiger charge is -2.10. The third kappa shape index (κ3) is 4.34. The molecule has 3 N–H and O–H groups in total. The van der Waals surface area contributed by atoms with Crippen LogP contribution in [0.3, 0.4) is 0 Å². The van der Waals surface area contributed by atoms with Crippen LogP contribution in [0.2, 0.25) is 5.02 Å². The lowest BCUT2D eigenvalue weighted by molar-refractivity contribution is -0.111. The van der Waals surface area contributed by atoms with E-state index < -0.39 is 5.91 Å². The highest BCUT2D eigenvalue weighted by Gasteiger charge is 2.23. The van der Waals surface area contributed by atoms with Crippen molar-refractivity contribution in [2.75, 3.05) is 5.32 Å². The molecule has 0 atom stereocenters. The van der Waals surface area contributed by atoms with E-state index in [1.807, 2.05) is 18.2 Å². The molecule has 0 bridgehead atoms. The summed E-state index contributed by atoms with van der Waals surface area (Å²) in [4.78, 5) is 25.5. The third-order valence-electron chi connectivity index (χ3n) is 4.47. The maximum absolute atomic E-state index is 12.3. The van der Waals surface area contributed by atoms with Gasteiger partial charge in [0, 0.05) is 16.0 Å². The number of amides is 2. The summed E-state index contributed by atoms with van der Waals surface area (Å²) >= 11 is 7.57. The summed E-state index contributed by atoms with van der Waals surface area (Å²) in [6, 6.07) is 7.29. The summed E-state index contributed by atoms with van der Waals surface area (Å²) in [6.45, 7) is 0. The van der Waals surface area contributed by atoms with Crippen LogP contribution in [0.25, 0.3) is 6.08 Å². The SMILES string of the molecule is NC(=O)c1c(NC(=O)C=Cc2ccccc2Cl)sc2c1CCCCCC2. The predicted molar refractivity (Wildman–Crippen MR) is 108 cm³/mol. The minimum atomic E-state index is -0.478. The number of hydrogen-bond acceptors (Lipinski definition) is 3. The molecule has 3 rings (SSSR count). The van der Waals surface area contributed by atoms with Crippen LogP contribution in [0.1, 0.15) is 52.0 Å². The Balaban J connectivity index is 1.82. The zero-order chi connectivity index (χ0) is 18.5. The molecule has 6 heteroatoms. The van der Waals surface area contributed by atoms with Crippen LogP contribution in [0.5, 0.6) is 0 Å². The van der Waals surface area contributed by atoms with Crippen molar-refractivity contribution in [1.82, 2.24) is 0 Å². The van der Waals surface area contributed by atoms with Crippen LogP contribution in [0.15, 0.2) is 30.3 Å². The number of carbonyl (C=O) groups is 2. The van der Waals surface area contributed by atoms with Gasteiger partial charge in [-0.2, -0.15) is 0 Å². The van der Waals surface area contributed by atoms with E-state index >= 15 is 0 Å². The summed E-state index contributed by atoms with van der Waals surface area (Å²) in [5.74, 6) is -0.782. The largest absolute Gasteiger partial charge is 0.365 e. The Morgan fingerprint density at radius 3 is 2.58 bits per heavy atom. The van der Waals surface area contributed by atoms with E-state index in [4.69, 9.17) is 17.3 Å². The van der Waals surface area contributed by atoms with Crippen molar-refractivity contribution in [2.24, 2.45) is 5.73 Å². The van der Waals surface area contributed by atoms with Crippen LogP contribution in [-0.4, -0.2) is 11.8 Å². The standard InChI is InChI=1S/C20H21ClN2O2S/c21-15-9-6-5-7-13(15)11-12-17(24)23-20-18(19(22)25)14-8-3-1-2-4-10-16(14)26-20/h5-7,9,11-12H,1-4,8,10H2,(H2,22,25)(H,23,24). The topological polar surface area (TPSA) is 72.2 Å². The van der Waals surface area contributed by atoms with E-state index in [-0.39, 0.29) is 5.91 Å². The number of aryl methyl sites for hydroxylation is 1. The average molecular weight is 389 g/mol. The van der Waals surface area contributed by atoms with Gasteiger partial charge >= 0.3 is 0 Å². The number of fused-ring (bicyclic) bond motifs is 1. The Labute approximate surface area is 162 Å². The van der Waals surface area contributed by atoms with Gasteiger partial charge in [-0.1, -0.05) is 42.6 Å². The lowest BCUT2D eigenvalue weighted by atomic mass is 9.96. The average Bonchev–Trinajstić information content (AvgIpc) is 2.90. The summed E-state index contributed by atoms with van der Waals surface area (Å²) in [6.07, 6.45) is 9.37. The number of nitrogens with one attached hydrogen (secondary N) is 1. The minimum absolute atomic E-state index is 0.304. The zero-order valence-corrected chi connectivity index (χ0v) is 16.0. The van der Waals surface area contributed by atoms with Gasteiger partial charge in [-0.3, -0.25) is 9.59 Å². The molecule has 1 aromatic carbocycles. The van der Waals surface area contributed by atoms with Crippen LogP contribution < -0.4 is 11.1 Å². The molecule has 136 valence electrons. The number of hydrogen-bond donors (Lipinski definition) is 2. The lowest BCUT2D eigenvalue weighted by Crippen LogP contribution is -2.17. The van der Waals surface area contributed by atoms with Gasteiger partial charge in [0.15, 0.2) is 0 Å². The fraction of sp³-hybridized carbons (Fsp3) is 0.300. The summed E-state index contributed by atoms with van der Waals surface area (Å²) in [5, 5.41) is 3.96. The second-order valence-corrected chi connectivity index (χ2v) is 7.84. The molecule has 0 unspecified atom stereocenters. The normalized spacial score (nSPS) is 14.5. The maximum Gasteiger partial charge on any atom is 0.251 e. The molecule has 2 amide bonds. The molecule has 0 saturated heterocycles. The van der Waals surface area contributed by atoms with Crippen molar-refractivity contribution in [3.8, 4) is 0 Å². The molecule has 0 fully saturated rings. The van der Waals surface area contributed by atoms with E-state index in [1.165, 1.54) is 28.7 Å². The quantitative estimate of drug-likeness (QED) is 0.737. The van der Waals surface area contributed by atoms with Gasteiger partial charge in [-0.25, -0.2) is 0 Å². The second kappa shape index (κ2) is 8.52. The van der Waals surface area contributed by atoms with Crippen molar-refractivity contribution in [3.63, 3.8) is 0 Å². The van der Waals surface area contributed by atoms with Gasteiger partial charge in [0.1, 0.15) is 5.00 Å². The highest BCUT2D eigenvalue weighted by molar-refractivity contribution is 7.17. The van der Waals surface area contributed by atoms with E-state index in [0.29, 0.717) is 15.6 Å². The molecule has 0 aliphatic heterocycles. The summed E-state index contributed by atoms with van der Waals surface area (Å²) < 4.78 is 0. The highest BCUT2D eigenvalue weighted by Crippen LogP contribution is 2.36. The van der Waals surface area contributed by atoms with E-state index in [1.54, 1.807) is 12.1 Å². The molecular weight excluding hydrogens is 368 g/mol. The second-order valence-electron chi connectivity index (χ2n) is 6.33. The molecule has 1 heterocycles. The first-order valence-corrected chi connectivity index (χ1v) is 9.93. The summed E-state index contributed by atoms with van der Waals surface area (Å²) in [7, 11) is 0. The van der Waals surface area contributed by atoms with Gasteiger partial charge in [0.05, 0.1) is 5.56 Å². The van der Waals surface area contributed by atoms with Gasteiger partial charge in [-0.05, 0) is 49.0 Å². The Bertz CT molecular complexity index is 857. The Morgan fingerprint density at radius 1 is 1.12 bits per heavy atom. The first-order valence-electron chi connectivity index (χ1n) is 8.74. The fourth-order valence-electron chi connectivity index (χ4n) is 3.20. The smallest absolute Gasteiger partial charge is 0.251 e. The molecule has 1 aliphatic rings. The van der Waals surface area contributed by atoms with Crippen LogP contribution in [0.4, 0.5) is 5.00 Å². The Hall–Kier alpha value is -2.11. The maximum atomic E-state index is 12.3. The monoisotopic (exact) mass is 388 g/mol. The molecule has 4 nitrogen and oxygen atoms in total. The third-order valence-corrected chi connectivity index (χ3v) is 6.03. The van der Waals surface area contributed by atoms with Crippen LogP contribution >= 0.6 is 22.9 Å². The molecule has 0 saturated carbocycles. The van der Waals surface area contributed by atoms with Crippen molar-refractivity contribution in [2.45, 2.75) is 38.5 Å². The van der Waals surface area contributed by atoms with Crippen LogP contribution in [0, 0.1) is 0 Å². The molecule has 1 aromatic heterocycles. The van der Waals surface area contributed by atoms with Crippen LogP contribution in [-0.2, 0) is 17.6 Å². The molecule has 2 aromatic rings. The molecule has 1 aliphatic carbocycles. The number of halogens is 1. The van der Waals surface area contributed by atoms with Crippen molar-refractivity contribution in [1.29, 1.82) is 0 Å². The van der Waals surface area contributed by atoms with Gasteiger partial charge < -0.3 is 11.1 Å². The molecule has 0 radical (unpaired) electrons. The van der Waals surface area contributed by atoms with Gasteiger partial charge in [0.25, 0.3) is 5.91 Å². The zero-order valence-electron chi connectivity index (χ0n) is 14.4. The number of rotatable bonds is 4. The fourth-order valence-corrected chi connectivity index (χ4v) is 4.69. The first-order chi connectivity index (χ1) is 12.6. The molecule has 0 spiro atoms. The minimum Gasteiger partial charge on any atom is -0.365 e. The number of nitrogens with two attached hydrogens (primary N) is 1. The number of carbonyl (C=O) groups excluding carboxylic acids is 2. The summed E-state index contributed by atoms with van der Waals surface area (Å²) in [5.41, 5.74) is 7.88. The number of benzene rings is 1. The Kier molecular flexibility index (Phi) is 6.12. The predicted octanol–water partition coefficient (Wildman–Crippen LogP) is 4.81. The number of thiophene rings is 1. The molecule has 26 heavy (non-hydrogen) atoms. The van der Waals surface area contributed by atoms with Gasteiger partial charge in [-0.15, -0.1) is 11.3 Å². The van der Waals surface area contributed by atoms with Crippen molar-refractivity contribution in [3.05, 3.63) is 56.9 Å². The van der Waals surface area contributed by atoms with E-state index in [9.17, 15) is 9.59 Å². The van der Waals surface area contributed by atoms with E-state index in [2.05, 4.69) is 5.32 Å². The van der Waals surface area contributed by atoms with E-state index in [0.717, 1.165) is 43.2 Å². The molecular formula is C20H21ClN2O2S. The van der Waals surface area contributed by atoms with Crippen molar-refractivity contribution >= 4 is 45.8 Å². The van der Waals surface area contributed by atoms with Crippen molar-refractivity contribution < 1.29 is 9.59 Å². The number of primary amides is 1. The van der Waals surface area contributed by atoms with Gasteiger partial charge in [0.2, 0.25) is 5.91 Å². The first kappa shape index (κ1) is 18.7. The Morgan fingerprint density at radius 2 is 1.85 bits per heavy atom.